The van der Waals surface area contributed by atoms with Gasteiger partial charge in [-0.25, -0.2) is 17.8 Å². The standard InChI is InChI=1S/C17H21FN4O3S.C2H4O2/c1-12-4-5-13(10-14(12)18)26(24,25)22-7-6-16-19-15(17(23)20(2)3)11-21(16)8-9-22;1-2(3)4/h4-5,10-11H,6-9H2,1-3H3;1H3,(H,3,4). The summed E-state index contributed by atoms with van der Waals surface area (Å²) in [5, 5.41) is 7.42. The topological polar surface area (TPSA) is 113 Å². The molecule has 1 aromatic carbocycles. The second kappa shape index (κ2) is 9.35. The van der Waals surface area contributed by atoms with E-state index in [-0.39, 0.29) is 23.9 Å². The van der Waals surface area contributed by atoms with Crippen LogP contribution >= 0.6 is 0 Å². The first-order valence-corrected chi connectivity index (χ1v) is 10.6. The monoisotopic (exact) mass is 440 g/mol. The van der Waals surface area contributed by atoms with Gasteiger partial charge >= 0.3 is 0 Å². The lowest BCUT2D eigenvalue weighted by Crippen LogP contribution is -2.33. The molecule has 1 aromatic heterocycles. The Hall–Kier alpha value is -2.79. The number of nitrogens with zero attached hydrogens (tertiary/aromatic N) is 4. The fourth-order valence-electron chi connectivity index (χ4n) is 2.86. The summed E-state index contributed by atoms with van der Waals surface area (Å²) < 4.78 is 42.5. The normalized spacial score (nSPS) is 14.2. The van der Waals surface area contributed by atoms with Gasteiger partial charge in [-0.2, -0.15) is 4.31 Å². The second-order valence-electron chi connectivity index (χ2n) is 7.02. The number of carbonyl (C=O) groups excluding carboxylic acids is 1. The van der Waals surface area contributed by atoms with E-state index >= 15 is 0 Å². The number of benzene rings is 1. The fraction of sp³-hybridized carbons (Fsp3) is 0.421. The van der Waals surface area contributed by atoms with Crippen LogP contribution in [-0.2, 0) is 27.8 Å². The Bertz CT molecular complexity index is 1020. The highest BCUT2D eigenvalue weighted by atomic mass is 32.2. The van der Waals surface area contributed by atoms with Crippen molar-refractivity contribution in [2.24, 2.45) is 0 Å². The van der Waals surface area contributed by atoms with Gasteiger partial charge in [0.15, 0.2) is 0 Å². The molecule has 0 bridgehead atoms. The van der Waals surface area contributed by atoms with Gasteiger partial charge in [0.1, 0.15) is 17.3 Å². The van der Waals surface area contributed by atoms with Crippen LogP contribution in [0.25, 0.3) is 0 Å². The number of sulfonamides is 1. The van der Waals surface area contributed by atoms with Crippen LogP contribution in [0.15, 0.2) is 29.3 Å². The third-order valence-corrected chi connectivity index (χ3v) is 6.34. The summed E-state index contributed by atoms with van der Waals surface area (Å²) in [6.07, 6.45) is 2.04. The summed E-state index contributed by atoms with van der Waals surface area (Å²) in [6, 6.07) is 3.94. The van der Waals surface area contributed by atoms with E-state index in [9.17, 15) is 17.6 Å². The third kappa shape index (κ3) is 5.42. The largest absolute Gasteiger partial charge is 0.481 e. The van der Waals surface area contributed by atoms with E-state index in [1.165, 1.54) is 21.3 Å². The molecule has 3 rings (SSSR count). The smallest absolute Gasteiger partial charge is 0.300 e. The van der Waals surface area contributed by atoms with Gasteiger partial charge in [-0.15, -0.1) is 0 Å². The molecule has 0 aliphatic carbocycles. The Morgan fingerprint density at radius 2 is 1.83 bits per heavy atom. The molecule has 2 heterocycles. The van der Waals surface area contributed by atoms with Crippen LogP contribution in [0.4, 0.5) is 4.39 Å². The van der Waals surface area contributed by atoms with Gasteiger partial charge in [0.25, 0.3) is 11.9 Å². The maximum atomic E-state index is 13.8. The highest BCUT2D eigenvalue weighted by molar-refractivity contribution is 7.89. The maximum absolute atomic E-state index is 13.8. The zero-order valence-corrected chi connectivity index (χ0v) is 18.1. The highest BCUT2D eigenvalue weighted by Crippen LogP contribution is 2.21. The van der Waals surface area contributed by atoms with Gasteiger partial charge in [-0.05, 0) is 24.6 Å². The average Bonchev–Trinajstić information content (AvgIpc) is 2.94. The van der Waals surface area contributed by atoms with Crippen LogP contribution in [0.1, 0.15) is 28.8 Å². The summed E-state index contributed by atoms with van der Waals surface area (Å²) in [6.45, 7) is 3.51. The summed E-state index contributed by atoms with van der Waals surface area (Å²) in [7, 11) is -0.474. The molecule has 0 atom stereocenters. The molecule has 9 nitrogen and oxygen atoms in total. The van der Waals surface area contributed by atoms with Crippen molar-refractivity contribution in [1.82, 2.24) is 18.8 Å². The van der Waals surface area contributed by atoms with E-state index < -0.39 is 21.8 Å². The molecule has 1 aliphatic heterocycles. The number of aromatic nitrogens is 2. The molecule has 30 heavy (non-hydrogen) atoms. The molecule has 11 heteroatoms. The quantitative estimate of drug-likeness (QED) is 0.771. The number of carboxylic acid groups (broad SMARTS) is 1. The molecule has 0 radical (unpaired) electrons. The molecule has 0 fully saturated rings. The lowest BCUT2D eigenvalue weighted by atomic mass is 10.2. The summed E-state index contributed by atoms with van der Waals surface area (Å²) in [5.41, 5.74) is 0.750. The lowest BCUT2D eigenvalue weighted by molar-refractivity contribution is -0.134. The lowest BCUT2D eigenvalue weighted by Gasteiger charge is -2.20. The van der Waals surface area contributed by atoms with E-state index in [2.05, 4.69) is 4.98 Å². The molecule has 1 N–H and O–H groups in total. The summed E-state index contributed by atoms with van der Waals surface area (Å²) >= 11 is 0. The molecule has 164 valence electrons. The molecule has 1 amide bonds. The summed E-state index contributed by atoms with van der Waals surface area (Å²) in [5.74, 6) is -0.895. The van der Waals surface area contributed by atoms with Crippen molar-refractivity contribution in [2.45, 2.75) is 31.7 Å². The van der Waals surface area contributed by atoms with Gasteiger partial charge < -0.3 is 14.6 Å². The van der Waals surface area contributed by atoms with Gasteiger partial charge in [0.2, 0.25) is 10.0 Å². The number of amides is 1. The van der Waals surface area contributed by atoms with Crippen molar-refractivity contribution in [1.29, 1.82) is 0 Å². The number of carboxylic acids is 1. The van der Waals surface area contributed by atoms with Crippen molar-refractivity contribution in [3.05, 3.63) is 47.3 Å². The Morgan fingerprint density at radius 1 is 1.20 bits per heavy atom. The van der Waals surface area contributed by atoms with Crippen LogP contribution < -0.4 is 0 Å². The van der Waals surface area contributed by atoms with E-state index in [0.717, 1.165) is 13.0 Å². The number of halogens is 1. The van der Waals surface area contributed by atoms with Gasteiger partial charge in [-0.3, -0.25) is 9.59 Å². The number of hydrogen-bond acceptors (Lipinski definition) is 5. The minimum Gasteiger partial charge on any atom is -0.481 e. The summed E-state index contributed by atoms with van der Waals surface area (Å²) in [4.78, 5) is 26.8. The minimum absolute atomic E-state index is 0.0522. The SMILES string of the molecule is CC(=O)O.Cc1ccc(S(=O)(=O)N2CCc3nc(C(=O)N(C)C)cn3CC2)cc1F. The predicted octanol–water partition coefficient (Wildman–Crippen LogP) is 1.37. The number of fused-ring (bicyclic) bond motifs is 1. The number of imidazole rings is 1. The van der Waals surface area contributed by atoms with Crippen molar-refractivity contribution in [2.75, 3.05) is 27.2 Å². The van der Waals surface area contributed by atoms with Gasteiger partial charge in [0, 0.05) is 53.3 Å². The van der Waals surface area contributed by atoms with Crippen LogP contribution in [0.2, 0.25) is 0 Å². The van der Waals surface area contributed by atoms with Gasteiger partial charge in [-0.1, -0.05) is 6.07 Å². The Kier molecular flexibility index (Phi) is 7.32. The molecule has 2 aromatic rings. The number of hydrogen-bond donors (Lipinski definition) is 1. The molecule has 1 aliphatic rings. The minimum atomic E-state index is -3.78. The second-order valence-corrected chi connectivity index (χ2v) is 8.96. The number of rotatable bonds is 3. The number of aryl methyl sites for hydroxylation is 1. The van der Waals surface area contributed by atoms with Crippen LogP contribution in [0.5, 0.6) is 0 Å². The predicted molar refractivity (Wildman–Crippen MR) is 107 cm³/mol. The van der Waals surface area contributed by atoms with Gasteiger partial charge in [0.05, 0.1) is 4.90 Å². The number of carbonyl (C=O) groups is 2. The molecule has 0 saturated carbocycles. The molecular formula is C19H25FN4O5S. The Morgan fingerprint density at radius 3 is 2.40 bits per heavy atom. The van der Waals surface area contributed by atoms with E-state index in [1.54, 1.807) is 27.2 Å². The third-order valence-electron chi connectivity index (χ3n) is 4.44. The Balaban J connectivity index is 0.000000735. The van der Waals surface area contributed by atoms with Crippen molar-refractivity contribution in [3.8, 4) is 0 Å². The zero-order valence-electron chi connectivity index (χ0n) is 17.3. The highest BCUT2D eigenvalue weighted by Gasteiger charge is 2.28. The molecule has 0 unspecified atom stereocenters. The van der Waals surface area contributed by atoms with Crippen molar-refractivity contribution in [3.63, 3.8) is 0 Å². The molecule has 0 saturated heterocycles. The van der Waals surface area contributed by atoms with E-state index in [4.69, 9.17) is 9.90 Å². The number of aliphatic carboxylic acids is 1. The first kappa shape index (κ1) is 23.5. The molecule has 0 spiro atoms. The van der Waals surface area contributed by atoms with Crippen molar-refractivity contribution >= 4 is 21.9 Å². The molecular weight excluding hydrogens is 415 g/mol. The average molecular weight is 440 g/mol. The van der Waals surface area contributed by atoms with Crippen molar-refractivity contribution < 1.29 is 27.5 Å². The van der Waals surface area contributed by atoms with Crippen LogP contribution in [-0.4, -0.2) is 71.3 Å². The van der Waals surface area contributed by atoms with E-state index in [1.807, 2.05) is 4.57 Å². The van der Waals surface area contributed by atoms with Crippen LogP contribution in [0, 0.1) is 12.7 Å². The first-order chi connectivity index (χ1) is 13.9. The Labute approximate surface area is 174 Å². The first-order valence-electron chi connectivity index (χ1n) is 9.17. The van der Waals surface area contributed by atoms with E-state index in [0.29, 0.717) is 30.0 Å². The maximum Gasteiger partial charge on any atom is 0.300 e. The van der Waals surface area contributed by atoms with Crippen LogP contribution in [0.3, 0.4) is 0 Å². The fourth-order valence-corrected chi connectivity index (χ4v) is 4.30. The zero-order chi connectivity index (χ0) is 22.6.